The largest absolute Gasteiger partial charge is 0.348 e. The summed E-state index contributed by atoms with van der Waals surface area (Å²) in [6.07, 6.45) is 7.73. The standard InChI is InChI=1S/C12H21N3/c1-3-6-12(7-4-2)11-10(5-8-15-12)13-9-14-11/h9,15H,3-8H2,1-2H3,(H,13,14). The first kappa shape index (κ1) is 10.7. The van der Waals surface area contributed by atoms with Crippen molar-refractivity contribution in [2.75, 3.05) is 6.54 Å². The average molecular weight is 207 g/mol. The van der Waals surface area contributed by atoms with Crippen LogP contribution in [0.2, 0.25) is 0 Å². The van der Waals surface area contributed by atoms with E-state index in [-0.39, 0.29) is 5.54 Å². The fraction of sp³-hybridized carbons (Fsp3) is 0.750. The summed E-state index contributed by atoms with van der Waals surface area (Å²) < 4.78 is 0. The lowest BCUT2D eigenvalue weighted by Gasteiger charge is -2.37. The first-order chi connectivity index (χ1) is 7.32. The minimum absolute atomic E-state index is 0.150. The molecule has 1 aliphatic heterocycles. The maximum Gasteiger partial charge on any atom is 0.0926 e. The maximum absolute atomic E-state index is 4.53. The molecule has 0 radical (unpaired) electrons. The Morgan fingerprint density at radius 3 is 2.73 bits per heavy atom. The molecule has 84 valence electrons. The second kappa shape index (κ2) is 4.35. The first-order valence-electron chi connectivity index (χ1n) is 6.10. The van der Waals surface area contributed by atoms with E-state index >= 15 is 0 Å². The van der Waals surface area contributed by atoms with Crippen molar-refractivity contribution in [3.05, 3.63) is 17.7 Å². The molecule has 0 aromatic carbocycles. The van der Waals surface area contributed by atoms with Crippen LogP contribution in [0, 0.1) is 0 Å². The van der Waals surface area contributed by atoms with Crippen LogP contribution in [-0.2, 0) is 12.0 Å². The van der Waals surface area contributed by atoms with Gasteiger partial charge in [0.05, 0.1) is 17.6 Å². The number of nitrogens with zero attached hydrogens (tertiary/aromatic N) is 1. The van der Waals surface area contributed by atoms with Gasteiger partial charge in [-0.2, -0.15) is 0 Å². The fourth-order valence-electron chi connectivity index (χ4n) is 2.83. The number of aromatic amines is 1. The number of H-pyrrole nitrogens is 1. The molecule has 0 saturated heterocycles. The summed E-state index contributed by atoms with van der Waals surface area (Å²) >= 11 is 0. The van der Waals surface area contributed by atoms with E-state index in [0.29, 0.717) is 0 Å². The van der Waals surface area contributed by atoms with Gasteiger partial charge in [-0.25, -0.2) is 4.98 Å². The molecule has 2 N–H and O–H groups in total. The summed E-state index contributed by atoms with van der Waals surface area (Å²) in [5.41, 5.74) is 2.77. The minimum atomic E-state index is 0.150. The van der Waals surface area contributed by atoms with Crippen LogP contribution in [-0.4, -0.2) is 16.5 Å². The van der Waals surface area contributed by atoms with Crippen LogP contribution in [0.1, 0.15) is 50.9 Å². The number of nitrogens with one attached hydrogen (secondary N) is 2. The van der Waals surface area contributed by atoms with E-state index in [9.17, 15) is 0 Å². The summed E-state index contributed by atoms with van der Waals surface area (Å²) in [5.74, 6) is 0. The molecular formula is C12H21N3. The molecule has 0 bridgehead atoms. The smallest absolute Gasteiger partial charge is 0.0926 e. The Labute approximate surface area is 91.7 Å². The molecule has 2 heterocycles. The van der Waals surface area contributed by atoms with Crippen molar-refractivity contribution in [2.45, 2.75) is 51.5 Å². The van der Waals surface area contributed by atoms with Gasteiger partial charge < -0.3 is 10.3 Å². The van der Waals surface area contributed by atoms with Crippen molar-refractivity contribution >= 4 is 0 Å². The zero-order valence-electron chi connectivity index (χ0n) is 9.77. The Bertz CT molecular complexity index is 310. The molecule has 15 heavy (non-hydrogen) atoms. The summed E-state index contributed by atoms with van der Waals surface area (Å²) in [7, 11) is 0. The zero-order valence-corrected chi connectivity index (χ0v) is 9.77. The Morgan fingerprint density at radius 2 is 2.07 bits per heavy atom. The Hall–Kier alpha value is -0.830. The van der Waals surface area contributed by atoms with Gasteiger partial charge in [0.15, 0.2) is 0 Å². The highest BCUT2D eigenvalue weighted by molar-refractivity contribution is 5.25. The van der Waals surface area contributed by atoms with E-state index in [1.165, 1.54) is 37.1 Å². The topological polar surface area (TPSA) is 40.7 Å². The van der Waals surface area contributed by atoms with Gasteiger partial charge in [-0.3, -0.25) is 0 Å². The SMILES string of the molecule is CCCC1(CCC)NCCc2[nH]cnc21. The molecule has 0 saturated carbocycles. The molecule has 1 aliphatic rings. The molecule has 0 unspecified atom stereocenters. The average Bonchev–Trinajstić information content (AvgIpc) is 2.68. The van der Waals surface area contributed by atoms with E-state index in [0.717, 1.165) is 13.0 Å². The van der Waals surface area contributed by atoms with Crippen molar-refractivity contribution in [1.82, 2.24) is 15.3 Å². The summed E-state index contributed by atoms with van der Waals surface area (Å²) in [6, 6.07) is 0. The van der Waals surface area contributed by atoms with Crippen LogP contribution >= 0.6 is 0 Å². The number of hydrogen-bond donors (Lipinski definition) is 2. The summed E-state index contributed by atoms with van der Waals surface area (Å²) in [4.78, 5) is 7.81. The molecule has 1 aromatic rings. The third-order valence-corrected chi connectivity index (χ3v) is 3.36. The second-order valence-electron chi connectivity index (χ2n) is 4.49. The number of hydrogen-bond acceptors (Lipinski definition) is 2. The summed E-state index contributed by atoms with van der Waals surface area (Å²) in [6.45, 7) is 5.58. The van der Waals surface area contributed by atoms with E-state index in [4.69, 9.17) is 0 Å². The molecule has 2 rings (SSSR count). The van der Waals surface area contributed by atoms with Crippen LogP contribution in [0.25, 0.3) is 0 Å². The minimum Gasteiger partial charge on any atom is -0.348 e. The predicted molar refractivity (Wildman–Crippen MR) is 61.8 cm³/mol. The molecule has 0 atom stereocenters. The quantitative estimate of drug-likeness (QED) is 0.795. The van der Waals surface area contributed by atoms with Crippen LogP contribution < -0.4 is 5.32 Å². The molecule has 0 fully saturated rings. The van der Waals surface area contributed by atoms with Crippen molar-refractivity contribution in [2.24, 2.45) is 0 Å². The van der Waals surface area contributed by atoms with E-state index in [2.05, 4.69) is 29.1 Å². The lowest BCUT2D eigenvalue weighted by atomic mass is 9.81. The zero-order chi connectivity index (χ0) is 10.7. The van der Waals surface area contributed by atoms with Gasteiger partial charge in [-0.05, 0) is 12.8 Å². The van der Waals surface area contributed by atoms with Crippen LogP contribution in [0.5, 0.6) is 0 Å². The van der Waals surface area contributed by atoms with E-state index < -0.39 is 0 Å². The van der Waals surface area contributed by atoms with Gasteiger partial charge in [0, 0.05) is 18.7 Å². The molecule has 0 aliphatic carbocycles. The predicted octanol–water partition coefficient (Wildman–Crippen LogP) is 2.35. The Balaban J connectivity index is 2.33. The van der Waals surface area contributed by atoms with Crippen molar-refractivity contribution in [1.29, 1.82) is 0 Å². The molecule has 0 amide bonds. The molecule has 3 heteroatoms. The first-order valence-corrected chi connectivity index (χ1v) is 6.10. The van der Waals surface area contributed by atoms with E-state index in [1.807, 2.05) is 6.33 Å². The molecular weight excluding hydrogens is 186 g/mol. The lowest BCUT2D eigenvalue weighted by molar-refractivity contribution is 0.259. The highest BCUT2D eigenvalue weighted by atomic mass is 15.1. The fourth-order valence-corrected chi connectivity index (χ4v) is 2.83. The van der Waals surface area contributed by atoms with Crippen LogP contribution in [0.4, 0.5) is 0 Å². The number of aromatic nitrogens is 2. The Kier molecular flexibility index (Phi) is 3.10. The second-order valence-corrected chi connectivity index (χ2v) is 4.49. The monoisotopic (exact) mass is 207 g/mol. The third kappa shape index (κ3) is 1.81. The highest BCUT2D eigenvalue weighted by Crippen LogP contribution is 2.34. The number of imidazole rings is 1. The molecule has 1 aromatic heterocycles. The van der Waals surface area contributed by atoms with Crippen molar-refractivity contribution in [3.63, 3.8) is 0 Å². The number of rotatable bonds is 4. The maximum atomic E-state index is 4.53. The van der Waals surface area contributed by atoms with Crippen LogP contribution in [0.3, 0.4) is 0 Å². The van der Waals surface area contributed by atoms with Crippen molar-refractivity contribution < 1.29 is 0 Å². The van der Waals surface area contributed by atoms with Gasteiger partial charge in [-0.1, -0.05) is 26.7 Å². The van der Waals surface area contributed by atoms with Crippen LogP contribution in [0.15, 0.2) is 6.33 Å². The normalized spacial score (nSPS) is 18.8. The number of fused-ring (bicyclic) bond motifs is 1. The summed E-state index contributed by atoms with van der Waals surface area (Å²) in [5, 5.41) is 3.69. The molecule has 0 spiro atoms. The van der Waals surface area contributed by atoms with Gasteiger partial charge in [0.2, 0.25) is 0 Å². The van der Waals surface area contributed by atoms with E-state index in [1.54, 1.807) is 0 Å². The van der Waals surface area contributed by atoms with Gasteiger partial charge in [-0.15, -0.1) is 0 Å². The van der Waals surface area contributed by atoms with Crippen molar-refractivity contribution in [3.8, 4) is 0 Å². The Morgan fingerprint density at radius 1 is 1.33 bits per heavy atom. The lowest BCUT2D eigenvalue weighted by Crippen LogP contribution is -2.47. The van der Waals surface area contributed by atoms with Gasteiger partial charge in [0.25, 0.3) is 0 Å². The third-order valence-electron chi connectivity index (χ3n) is 3.36. The van der Waals surface area contributed by atoms with Gasteiger partial charge in [0.1, 0.15) is 0 Å². The van der Waals surface area contributed by atoms with Gasteiger partial charge >= 0.3 is 0 Å². The molecule has 3 nitrogen and oxygen atoms in total. The highest BCUT2D eigenvalue weighted by Gasteiger charge is 2.36.